The topological polar surface area (TPSA) is 64.3 Å². The van der Waals surface area contributed by atoms with Crippen LogP contribution in [0, 0.1) is 0 Å². The molecule has 140 valence electrons. The Hall–Kier alpha value is -2.25. The summed E-state index contributed by atoms with van der Waals surface area (Å²) in [4.78, 5) is 29.3. The van der Waals surface area contributed by atoms with Gasteiger partial charge in [0.15, 0.2) is 0 Å². The van der Waals surface area contributed by atoms with Crippen LogP contribution in [0.2, 0.25) is 15.1 Å². The molecule has 2 aromatic heterocycles. The molecule has 4 rings (SSSR count). The number of halogens is 3. The molecule has 0 unspecified atom stereocenters. The van der Waals surface area contributed by atoms with Crippen LogP contribution in [-0.4, -0.2) is 14.6 Å². The molecule has 0 N–H and O–H groups in total. The van der Waals surface area contributed by atoms with E-state index in [1.54, 1.807) is 42.5 Å². The van der Waals surface area contributed by atoms with E-state index < -0.39 is 5.56 Å². The van der Waals surface area contributed by atoms with E-state index in [-0.39, 0.29) is 22.6 Å². The Morgan fingerprint density at radius 1 is 1.00 bits per heavy atom. The Labute approximate surface area is 177 Å². The standard InChI is InChI=1S/C19H10Cl3N3O2S/c20-12-4-2-1-3-11(12)9-15-17(26)23-19-25(24-15)18(27)16(28-19)8-10-5-6-13(21)14(22)7-10/h1-8H,9H2/b16-8-. The molecule has 0 saturated carbocycles. The van der Waals surface area contributed by atoms with Crippen molar-refractivity contribution in [1.82, 2.24) is 14.6 Å². The zero-order chi connectivity index (χ0) is 19.8. The zero-order valence-corrected chi connectivity index (χ0v) is 17.1. The highest BCUT2D eigenvalue weighted by atomic mass is 35.5. The summed E-state index contributed by atoms with van der Waals surface area (Å²) in [6.45, 7) is 0. The van der Waals surface area contributed by atoms with Gasteiger partial charge in [0.2, 0.25) is 4.96 Å². The van der Waals surface area contributed by atoms with E-state index in [1.807, 2.05) is 6.07 Å². The number of hydrogen-bond donors (Lipinski definition) is 0. The van der Waals surface area contributed by atoms with Crippen LogP contribution in [0.1, 0.15) is 16.8 Å². The summed E-state index contributed by atoms with van der Waals surface area (Å²) in [5.41, 5.74) is 0.751. The van der Waals surface area contributed by atoms with E-state index in [9.17, 15) is 9.59 Å². The summed E-state index contributed by atoms with van der Waals surface area (Å²) >= 11 is 19.2. The molecule has 0 aliphatic carbocycles. The normalized spacial score (nSPS) is 12.0. The first-order valence-electron chi connectivity index (χ1n) is 8.05. The summed E-state index contributed by atoms with van der Waals surface area (Å²) < 4.78 is 1.52. The Bertz CT molecular complexity index is 1380. The number of rotatable bonds is 3. The molecule has 4 aromatic rings. The molecule has 0 radical (unpaired) electrons. The first-order chi connectivity index (χ1) is 13.4. The van der Waals surface area contributed by atoms with Gasteiger partial charge in [0.1, 0.15) is 5.69 Å². The molecule has 0 aliphatic heterocycles. The number of benzene rings is 2. The van der Waals surface area contributed by atoms with Crippen LogP contribution in [0.25, 0.3) is 11.0 Å². The molecule has 0 amide bonds. The van der Waals surface area contributed by atoms with E-state index in [1.165, 1.54) is 0 Å². The van der Waals surface area contributed by atoms with Gasteiger partial charge in [0.25, 0.3) is 11.1 Å². The van der Waals surface area contributed by atoms with Crippen LogP contribution in [0.4, 0.5) is 0 Å². The van der Waals surface area contributed by atoms with Gasteiger partial charge in [0.05, 0.1) is 14.6 Å². The Kier molecular flexibility index (Phi) is 5.21. The molecule has 0 saturated heterocycles. The number of nitrogens with zero attached hydrogens (tertiary/aromatic N) is 3. The SMILES string of the molecule is O=c1nc2s/c(=C\c3ccc(Cl)c(Cl)c3)c(=O)n2nc1Cc1ccccc1Cl. The summed E-state index contributed by atoms with van der Waals surface area (Å²) in [5, 5.41) is 5.55. The summed E-state index contributed by atoms with van der Waals surface area (Å²) in [7, 11) is 0. The summed E-state index contributed by atoms with van der Waals surface area (Å²) in [6, 6.07) is 12.2. The molecule has 2 heterocycles. The largest absolute Gasteiger partial charge is 0.296 e. The fourth-order valence-corrected chi connectivity index (χ4v) is 4.04. The van der Waals surface area contributed by atoms with Crippen molar-refractivity contribution in [3.8, 4) is 0 Å². The highest BCUT2D eigenvalue weighted by molar-refractivity contribution is 7.15. The van der Waals surface area contributed by atoms with Crippen LogP contribution in [0.3, 0.4) is 0 Å². The van der Waals surface area contributed by atoms with Crippen molar-refractivity contribution in [2.75, 3.05) is 0 Å². The third-order valence-electron chi connectivity index (χ3n) is 4.01. The minimum absolute atomic E-state index is 0.154. The van der Waals surface area contributed by atoms with Crippen molar-refractivity contribution in [2.24, 2.45) is 0 Å². The van der Waals surface area contributed by atoms with E-state index >= 15 is 0 Å². The molecule has 0 bridgehead atoms. The van der Waals surface area contributed by atoms with Gasteiger partial charge in [0, 0.05) is 11.4 Å². The lowest BCUT2D eigenvalue weighted by Crippen LogP contribution is -2.28. The molecule has 0 fully saturated rings. The van der Waals surface area contributed by atoms with Crippen molar-refractivity contribution < 1.29 is 0 Å². The van der Waals surface area contributed by atoms with Gasteiger partial charge in [-0.1, -0.05) is 70.4 Å². The van der Waals surface area contributed by atoms with Crippen LogP contribution < -0.4 is 15.7 Å². The minimum Gasteiger partial charge on any atom is -0.266 e. The Morgan fingerprint density at radius 3 is 2.54 bits per heavy atom. The quantitative estimate of drug-likeness (QED) is 0.478. The van der Waals surface area contributed by atoms with Crippen LogP contribution in [0.15, 0.2) is 52.1 Å². The molecule has 0 aliphatic rings. The van der Waals surface area contributed by atoms with Gasteiger partial charge in [-0.05, 0) is 35.4 Å². The highest BCUT2D eigenvalue weighted by Crippen LogP contribution is 2.22. The smallest absolute Gasteiger partial charge is 0.266 e. The molecule has 0 atom stereocenters. The molecule has 2 aromatic carbocycles. The first-order valence-corrected chi connectivity index (χ1v) is 10.0. The predicted octanol–water partition coefficient (Wildman–Crippen LogP) is 3.61. The molecular weight excluding hydrogens is 441 g/mol. The monoisotopic (exact) mass is 449 g/mol. The average Bonchev–Trinajstić information content (AvgIpc) is 2.95. The summed E-state index contributed by atoms with van der Waals surface area (Å²) in [6.07, 6.45) is 1.85. The fraction of sp³-hybridized carbons (Fsp3) is 0.0526. The second-order valence-electron chi connectivity index (χ2n) is 5.92. The maximum atomic E-state index is 12.7. The van der Waals surface area contributed by atoms with Crippen LogP contribution >= 0.6 is 46.1 Å². The second-order valence-corrected chi connectivity index (χ2v) is 8.15. The Morgan fingerprint density at radius 2 is 1.79 bits per heavy atom. The van der Waals surface area contributed by atoms with Crippen molar-refractivity contribution in [1.29, 1.82) is 0 Å². The van der Waals surface area contributed by atoms with Crippen LogP contribution in [-0.2, 0) is 6.42 Å². The second kappa shape index (κ2) is 7.64. The number of fused-ring (bicyclic) bond motifs is 1. The predicted molar refractivity (Wildman–Crippen MR) is 113 cm³/mol. The molecule has 5 nitrogen and oxygen atoms in total. The Balaban J connectivity index is 1.82. The number of hydrogen-bond acceptors (Lipinski definition) is 5. The van der Waals surface area contributed by atoms with Crippen LogP contribution in [0.5, 0.6) is 0 Å². The maximum Gasteiger partial charge on any atom is 0.296 e. The van der Waals surface area contributed by atoms with E-state index in [0.29, 0.717) is 25.2 Å². The van der Waals surface area contributed by atoms with Gasteiger partial charge in [-0.3, -0.25) is 9.59 Å². The lowest BCUT2D eigenvalue weighted by molar-refractivity contribution is 0.811. The highest BCUT2D eigenvalue weighted by Gasteiger charge is 2.13. The molecule has 0 spiro atoms. The van der Waals surface area contributed by atoms with Gasteiger partial charge in [-0.15, -0.1) is 0 Å². The maximum absolute atomic E-state index is 12.7. The minimum atomic E-state index is -0.484. The third kappa shape index (κ3) is 3.69. The summed E-state index contributed by atoms with van der Waals surface area (Å²) in [5.74, 6) is 0. The van der Waals surface area contributed by atoms with Gasteiger partial charge in [-0.25, -0.2) is 0 Å². The van der Waals surface area contributed by atoms with Crippen molar-refractivity contribution >= 4 is 57.2 Å². The first kappa shape index (κ1) is 19.1. The van der Waals surface area contributed by atoms with E-state index in [4.69, 9.17) is 34.8 Å². The third-order valence-corrected chi connectivity index (χ3v) is 6.07. The molecular formula is C19H10Cl3N3O2S. The lowest BCUT2D eigenvalue weighted by Gasteiger charge is -2.02. The molecule has 9 heteroatoms. The lowest BCUT2D eigenvalue weighted by atomic mass is 10.1. The zero-order valence-electron chi connectivity index (χ0n) is 14.0. The molecule has 28 heavy (non-hydrogen) atoms. The van der Waals surface area contributed by atoms with E-state index in [0.717, 1.165) is 21.4 Å². The number of thiazole rings is 1. The van der Waals surface area contributed by atoms with E-state index in [2.05, 4.69) is 10.1 Å². The van der Waals surface area contributed by atoms with Crippen molar-refractivity contribution in [2.45, 2.75) is 6.42 Å². The van der Waals surface area contributed by atoms with Gasteiger partial charge >= 0.3 is 0 Å². The average molecular weight is 451 g/mol. The van der Waals surface area contributed by atoms with Gasteiger partial charge in [-0.2, -0.15) is 14.6 Å². The van der Waals surface area contributed by atoms with Crippen molar-refractivity contribution in [3.05, 3.63) is 99.6 Å². The van der Waals surface area contributed by atoms with Crippen molar-refractivity contribution in [3.63, 3.8) is 0 Å². The fourth-order valence-electron chi connectivity index (χ4n) is 2.63. The van der Waals surface area contributed by atoms with Gasteiger partial charge < -0.3 is 0 Å². The number of aromatic nitrogens is 3.